The summed E-state index contributed by atoms with van der Waals surface area (Å²) in [6, 6.07) is 11.3. The van der Waals surface area contributed by atoms with Crippen molar-refractivity contribution >= 4 is 27.5 Å². The standard InChI is InChI=1S/C21H25N3O6S/c1-15-12-18(31(27,28)24-8-10-29-11-9-24)6-7-19(15)30-14-21(26)23-17-4-2-16(3-5-17)13-20(22)25/h2-7,12H,8-11,13-14H2,1H3,(H2,22,25)(H,23,26). The SMILES string of the molecule is Cc1cc(S(=O)(=O)N2CCOCC2)ccc1OCC(=O)Nc1ccc(CC(N)=O)cc1. The molecule has 166 valence electrons. The number of morpholine rings is 1. The lowest BCUT2D eigenvalue weighted by molar-refractivity contribution is -0.118. The number of anilines is 1. The second-order valence-electron chi connectivity index (χ2n) is 7.12. The highest BCUT2D eigenvalue weighted by Gasteiger charge is 2.26. The molecule has 0 aliphatic carbocycles. The van der Waals surface area contributed by atoms with Gasteiger partial charge >= 0.3 is 0 Å². The van der Waals surface area contributed by atoms with Gasteiger partial charge < -0.3 is 20.5 Å². The van der Waals surface area contributed by atoms with E-state index in [1.54, 1.807) is 37.3 Å². The van der Waals surface area contributed by atoms with Crippen LogP contribution in [0.15, 0.2) is 47.4 Å². The fourth-order valence-electron chi connectivity index (χ4n) is 3.13. The zero-order valence-electron chi connectivity index (χ0n) is 17.2. The molecule has 1 fully saturated rings. The van der Waals surface area contributed by atoms with Crippen molar-refractivity contribution < 1.29 is 27.5 Å². The van der Waals surface area contributed by atoms with E-state index in [2.05, 4.69) is 5.32 Å². The topological polar surface area (TPSA) is 128 Å². The van der Waals surface area contributed by atoms with Crippen LogP contribution in [-0.2, 0) is 30.8 Å². The van der Waals surface area contributed by atoms with E-state index < -0.39 is 15.9 Å². The van der Waals surface area contributed by atoms with Crippen LogP contribution in [0.1, 0.15) is 11.1 Å². The second kappa shape index (κ2) is 9.90. The van der Waals surface area contributed by atoms with Gasteiger partial charge in [-0.1, -0.05) is 12.1 Å². The number of hydrogen-bond acceptors (Lipinski definition) is 6. The van der Waals surface area contributed by atoms with Crippen molar-refractivity contribution in [2.45, 2.75) is 18.2 Å². The number of carbonyl (C=O) groups excluding carboxylic acids is 2. The van der Waals surface area contributed by atoms with Crippen molar-refractivity contribution in [2.75, 3.05) is 38.2 Å². The van der Waals surface area contributed by atoms with Crippen molar-refractivity contribution in [3.8, 4) is 5.75 Å². The molecule has 1 aliphatic heterocycles. The Labute approximate surface area is 181 Å². The monoisotopic (exact) mass is 447 g/mol. The highest BCUT2D eigenvalue weighted by Crippen LogP contribution is 2.24. The molecule has 1 aliphatic rings. The van der Waals surface area contributed by atoms with Crippen LogP contribution in [0.5, 0.6) is 5.75 Å². The van der Waals surface area contributed by atoms with Gasteiger partial charge in [-0.2, -0.15) is 4.31 Å². The molecule has 2 aromatic carbocycles. The molecule has 1 saturated heterocycles. The van der Waals surface area contributed by atoms with Crippen molar-refractivity contribution in [1.29, 1.82) is 0 Å². The minimum atomic E-state index is -3.59. The molecule has 0 atom stereocenters. The average molecular weight is 448 g/mol. The van der Waals surface area contributed by atoms with E-state index >= 15 is 0 Å². The van der Waals surface area contributed by atoms with Crippen LogP contribution in [0.3, 0.4) is 0 Å². The molecule has 0 saturated carbocycles. The van der Waals surface area contributed by atoms with Crippen LogP contribution in [0.2, 0.25) is 0 Å². The van der Waals surface area contributed by atoms with Gasteiger partial charge in [0.1, 0.15) is 5.75 Å². The van der Waals surface area contributed by atoms with Crippen LogP contribution in [0.25, 0.3) is 0 Å². The average Bonchev–Trinajstić information content (AvgIpc) is 2.74. The van der Waals surface area contributed by atoms with Crippen LogP contribution in [0.4, 0.5) is 5.69 Å². The largest absolute Gasteiger partial charge is 0.483 e. The van der Waals surface area contributed by atoms with Crippen molar-refractivity contribution in [2.24, 2.45) is 5.73 Å². The highest BCUT2D eigenvalue weighted by atomic mass is 32.2. The first-order valence-electron chi connectivity index (χ1n) is 9.74. The highest BCUT2D eigenvalue weighted by molar-refractivity contribution is 7.89. The number of nitrogens with zero attached hydrogens (tertiary/aromatic N) is 1. The van der Waals surface area contributed by atoms with E-state index in [4.69, 9.17) is 15.2 Å². The van der Waals surface area contributed by atoms with Gasteiger partial charge in [0.25, 0.3) is 5.91 Å². The molecular formula is C21H25N3O6S. The number of amides is 2. The summed E-state index contributed by atoms with van der Waals surface area (Å²) in [5.74, 6) is -0.371. The number of carbonyl (C=O) groups is 2. The first-order valence-corrected chi connectivity index (χ1v) is 11.2. The Morgan fingerprint density at radius 3 is 2.42 bits per heavy atom. The Bertz CT molecular complexity index is 1050. The summed E-state index contributed by atoms with van der Waals surface area (Å²) in [6.45, 7) is 2.89. The maximum absolute atomic E-state index is 12.7. The first-order chi connectivity index (χ1) is 14.8. The molecule has 3 N–H and O–H groups in total. The summed E-state index contributed by atoms with van der Waals surface area (Å²) >= 11 is 0. The number of aryl methyl sites for hydroxylation is 1. The van der Waals surface area contributed by atoms with E-state index in [0.717, 1.165) is 5.56 Å². The Hall–Kier alpha value is -2.95. The molecule has 10 heteroatoms. The van der Waals surface area contributed by atoms with Gasteiger partial charge in [-0.3, -0.25) is 9.59 Å². The molecule has 0 spiro atoms. The van der Waals surface area contributed by atoms with Gasteiger partial charge in [-0.15, -0.1) is 0 Å². The number of sulfonamides is 1. The Balaban J connectivity index is 1.57. The third kappa shape index (κ3) is 6.03. The van der Waals surface area contributed by atoms with Gasteiger partial charge in [-0.25, -0.2) is 8.42 Å². The normalized spacial score (nSPS) is 14.7. The van der Waals surface area contributed by atoms with Crippen molar-refractivity contribution in [1.82, 2.24) is 4.31 Å². The van der Waals surface area contributed by atoms with Crippen LogP contribution < -0.4 is 15.8 Å². The van der Waals surface area contributed by atoms with Crippen molar-refractivity contribution in [3.05, 3.63) is 53.6 Å². The summed E-state index contributed by atoms with van der Waals surface area (Å²) in [5, 5.41) is 2.70. The minimum Gasteiger partial charge on any atom is -0.483 e. The van der Waals surface area contributed by atoms with E-state index in [0.29, 0.717) is 43.3 Å². The third-order valence-electron chi connectivity index (χ3n) is 4.73. The fraction of sp³-hybridized carbons (Fsp3) is 0.333. The Morgan fingerprint density at radius 1 is 1.13 bits per heavy atom. The number of benzene rings is 2. The molecule has 9 nitrogen and oxygen atoms in total. The summed E-state index contributed by atoms with van der Waals surface area (Å²) in [6.07, 6.45) is 0.133. The van der Waals surface area contributed by atoms with E-state index in [-0.39, 0.29) is 23.8 Å². The van der Waals surface area contributed by atoms with E-state index in [9.17, 15) is 18.0 Å². The van der Waals surface area contributed by atoms with Crippen molar-refractivity contribution in [3.63, 3.8) is 0 Å². The smallest absolute Gasteiger partial charge is 0.262 e. The quantitative estimate of drug-likeness (QED) is 0.623. The van der Waals surface area contributed by atoms with E-state index in [1.165, 1.54) is 16.4 Å². The molecule has 0 aromatic heterocycles. The number of hydrogen-bond donors (Lipinski definition) is 2. The summed E-state index contributed by atoms with van der Waals surface area (Å²) < 4.78 is 37.7. The molecule has 2 amide bonds. The van der Waals surface area contributed by atoms with Crippen LogP contribution >= 0.6 is 0 Å². The number of ether oxygens (including phenoxy) is 2. The lowest BCUT2D eigenvalue weighted by Gasteiger charge is -2.26. The number of nitrogens with two attached hydrogens (primary N) is 1. The molecule has 0 radical (unpaired) electrons. The molecule has 0 unspecified atom stereocenters. The number of rotatable bonds is 8. The molecule has 3 rings (SSSR count). The molecule has 0 bridgehead atoms. The number of primary amides is 1. The lowest BCUT2D eigenvalue weighted by atomic mass is 10.1. The Kier molecular flexibility index (Phi) is 7.26. The number of nitrogens with one attached hydrogen (secondary N) is 1. The van der Waals surface area contributed by atoms with Gasteiger partial charge in [0, 0.05) is 18.8 Å². The predicted molar refractivity (Wildman–Crippen MR) is 114 cm³/mol. The van der Waals surface area contributed by atoms with Gasteiger partial charge in [0.05, 0.1) is 24.5 Å². The molecule has 2 aromatic rings. The summed E-state index contributed by atoms with van der Waals surface area (Å²) in [5.41, 5.74) is 7.08. The molecular weight excluding hydrogens is 422 g/mol. The molecule has 1 heterocycles. The maximum Gasteiger partial charge on any atom is 0.262 e. The minimum absolute atomic E-state index is 0.133. The second-order valence-corrected chi connectivity index (χ2v) is 9.06. The van der Waals surface area contributed by atoms with Gasteiger partial charge in [0.15, 0.2) is 6.61 Å². The van der Waals surface area contributed by atoms with E-state index in [1.807, 2.05) is 0 Å². The fourth-order valence-corrected chi connectivity index (χ4v) is 4.62. The third-order valence-corrected chi connectivity index (χ3v) is 6.62. The first kappa shape index (κ1) is 22.7. The summed E-state index contributed by atoms with van der Waals surface area (Å²) in [7, 11) is -3.59. The molecule has 31 heavy (non-hydrogen) atoms. The maximum atomic E-state index is 12.7. The van der Waals surface area contributed by atoms with Crippen LogP contribution in [-0.4, -0.2) is 57.4 Å². The summed E-state index contributed by atoms with van der Waals surface area (Å²) in [4.78, 5) is 23.3. The predicted octanol–water partition coefficient (Wildman–Crippen LogP) is 1.06. The Morgan fingerprint density at radius 2 is 1.81 bits per heavy atom. The van der Waals surface area contributed by atoms with Crippen LogP contribution in [0, 0.1) is 6.92 Å². The zero-order chi connectivity index (χ0) is 22.4. The lowest BCUT2D eigenvalue weighted by Crippen LogP contribution is -2.40. The van der Waals surface area contributed by atoms with Gasteiger partial charge in [-0.05, 0) is 48.4 Å². The van der Waals surface area contributed by atoms with Gasteiger partial charge in [0.2, 0.25) is 15.9 Å². The zero-order valence-corrected chi connectivity index (χ0v) is 18.0.